The number of carbonyl (C=O) groups is 1. The number of hydroxylamine groups is 1. The SMILES string of the molecule is CNOC(=O)CCCc1ccc(Cl)cc1.[NaH]. The van der Waals surface area contributed by atoms with E-state index in [9.17, 15) is 4.79 Å². The molecule has 0 heterocycles. The summed E-state index contributed by atoms with van der Waals surface area (Å²) in [5, 5.41) is 0.730. The van der Waals surface area contributed by atoms with Crippen LogP contribution in [0.1, 0.15) is 18.4 Å². The summed E-state index contributed by atoms with van der Waals surface area (Å²) < 4.78 is 0. The summed E-state index contributed by atoms with van der Waals surface area (Å²) in [4.78, 5) is 15.6. The van der Waals surface area contributed by atoms with Gasteiger partial charge in [-0.1, -0.05) is 23.7 Å². The van der Waals surface area contributed by atoms with Gasteiger partial charge in [-0.15, -0.1) is 0 Å². The van der Waals surface area contributed by atoms with Gasteiger partial charge in [0.2, 0.25) is 0 Å². The van der Waals surface area contributed by atoms with E-state index in [-0.39, 0.29) is 35.5 Å². The molecular formula is C11H15ClNNaO2. The van der Waals surface area contributed by atoms with Crippen molar-refractivity contribution in [2.24, 2.45) is 0 Å². The Bertz CT molecular complexity index is 316. The summed E-state index contributed by atoms with van der Waals surface area (Å²) in [7, 11) is 1.57. The van der Waals surface area contributed by atoms with Crippen LogP contribution in [0.5, 0.6) is 0 Å². The summed E-state index contributed by atoms with van der Waals surface area (Å²) in [6.07, 6.45) is 2.06. The zero-order chi connectivity index (χ0) is 11.1. The molecule has 1 aromatic carbocycles. The fourth-order valence-corrected chi connectivity index (χ4v) is 1.38. The molecule has 0 aromatic heterocycles. The molecule has 84 valence electrons. The van der Waals surface area contributed by atoms with E-state index in [1.807, 2.05) is 24.3 Å². The second kappa shape index (κ2) is 9.02. The van der Waals surface area contributed by atoms with Crippen molar-refractivity contribution >= 4 is 47.1 Å². The molecule has 0 aliphatic heterocycles. The second-order valence-corrected chi connectivity index (χ2v) is 3.59. The summed E-state index contributed by atoms with van der Waals surface area (Å²) >= 11 is 5.76. The third-order valence-corrected chi connectivity index (χ3v) is 2.23. The van der Waals surface area contributed by atoms with Gasteiger partial charge in [-0.2, -0.15) is 5.48 Å². The van der Waals surface area contributed by atoms with Crippen molar-refractivity contribution in [2.45, 2.75) is 19.3 Å². The monoisotopic (exact) mass is 251 g/mol. The third-order valence-electron chi connectivity index (χ3n) is 1.98. The minimum atomic E-state index is -0.230. The van der Waals surface area contributed by atoms with Crippen LogP contribution < -0.4 is 5.48 Å². The van der Waals surface area contributed by atoms with Gasteiger partial charge in [-0.05, 0) is 30.5 Å². The molecule has 1 N–H and O–H groups in total. The van der Waals surface area contributed by atoms with E-state index in [0.717, 1.165) is 17.9 Å². The van der Waals surface area contributed by atoms with Crippen LogP contribution in [0, 0.1) is 0 Å². The van der Waals surface area contributed by atoms with Crippen LogP contribution in [-0.2, 0) is 16.1 Å². The van der Waals surface area contributed by atoms with Gasteiger partial charge < -0.3 is 4.84 Å². The maximum atomic E-state index is 11.0. The Labute approximate surface area is 123 Å². The molecule has 0 aliphatic carbocycles. The molecule has 1 rings (SSSR count). The zero-order valence-electron chi connectivity index (χ0n) is 8.63. The number of halogens is 1. The first-order valence-corrected chi connectivity index (χ1v) is 5.21. The fraction of sp³-hybridized carbons (Fsp3) is 0.364. The van der Waals surface area contributed by atoms with Crippen LogP contribution in [0.4, 0.5) is 0 Å². The molecule has 0 atom stereocenters. The average molecular weight is 252 g/mol. The van der Waals surface area contributed by atoms with Crippen molar-refractivity contribution < 1.29 is 9.63 Å². The van der Waals surface area contributed by atoms with Crippen molar-refractivity contribution in [1.82, 2.24) is 5.48 Å². The first-order valence-electron chi connectivity index (χ1n) is 4.83. The molecule has 0 aliphatic rings. The summed E-state index contributed by atoms with van der Waals surface area (Å²) in [5.41, 5.74) is 3.53. The van der Waals surface area contributed by atoms with Gasteiger partial charge >= 0.3 is 35.5 Å². The van der Waals surface area contributed by atoms with E-state index in [0.29, 0.717) is 6.42 Å². The number of rotatable bonds is 5. The second-order valence-electron chi connectivity index (χ2n) is 3.16. The molecule has 0 unspecified atom stereocenters. The Kier molecular flexibility index (Phi) is 8.99. The van der Waals surface area contributed by atoms with Crippen molar-refractivity contribution in [3.05, 3.63) is 34.9 Å². The standard InChI is InChI=1S/C11H14ClNO2.Na.H/c1-13-15-11(14)4-2-3-9-5-7-10(12)8-6-9;;/h5-8,13H,2-4H2,1H3;;. The van der Waals surface area contributed by atoms with Crippen LogP contribution in [0.3, 0.4) is 0 Å². The van der Waals surface area contributed by atoms with E-state index < -0.39 is 0 Å². The molecule has 0 radical (unpaired) electrons. The van der Waals surface area contributed by atoms with Crippen LogP contribution in [0.15, 0.2) is 24.3 Å². The maximum absolute atomic E-state index is 11.0. The number of nitrogens with one attached hydrogen (secondary N) is 1. The van der Waals surface area contributed by atoms with Crippen LogP contribution >= 0.6 is 11.6 Å². The zero-order valence-corrected chi connectivity index (χ0v) is 9.38. The number of hydrogen-bond acceptors (Lipinski definition) is 3. The van der Waals surface area contributed by atoms with Gasteiger partial charge in [-0.25, -0.2) is 0 Å². The molecule has 0 saturated carbocycles. The molecule has 0 amide bonds. The summed E-state index contributed by atoms with van der Waals surface area (Å²) in [5.74, 6) is -0.230. The first-order chi connectivity index (χ1) is 7.22. The molecule has 0 spiro atoms. The van der Waals surface area contributed by atoms with E-state index in [1.165, 1.54) is 5.56 Å². The van der Waals surface area contributed by atoms with Gasteiger partial charge in [0.1, 0.15) is 0 Å². The molecule has 16 heavy (non-hydrogen) atoms. The average Bonchev–Trinajstić information content (AvgIpc) is 2.21. The molecule has 1 aromatic rings. The van der Waals surface area contributed by atoms with E-state index >= 15 is 0 Å². The first kappa shape index (κ1) is 15.9. The Morgan fingerprint density at radius 2 is 2.00 bits per heavy atom. The predicted molar refractivity (Wildman–Crippen MR) is 66.7 cm³/mol. The Morgan fingerprint density at radius 3 is 2.56 bits per heavy atom. The molecular weight excluding hydrogens is 237 g/mol. The van der Waals surface area contributed by atoms with Crippen molar-refractivity contribution in [1.29, 1.82) is 0 Å². The van der Waals surface area contributed by atoms with Crippen molar-refractivity contribution in [3.8, 4) is 0 Å². The molecule has 0 saturated heterocycles. The minimum absolute atomic E-state index is 0. The quantitative estimate of drug-likeness (QED) is 0.639. The van der Waals surface area contributed by atoms with Gasteiger partial charge in [0.15, 0.2) is 0 Å². The number of benzene rings is 1. The molecule has 0 fully saturated rings. The number of carbonyl (C=O) groups excluding carboxylic acids is 1. The van der Waals surface area contributed by atoms with Gasteiger partial charge in [0, 0.05) is 18.5 Å². The normalized spacial score (nSPS) is 9.38. The Morgan fingerprint density at radius 1 is 1.38 bits per heavy atom. The Hall–Kier alpha value is -0.0600. The van der Waals surface area contributed by atoms with E-state index in [1.54, 1.807) is 7.05 Å². The fourth-order valence-electron chi connectivity index (χ4n) is 1.25. The van der Waals surface area contributed by atoms with E-state index in [2.05, 4.69) is 10.3 Å². The molecule has 5 heteroatoms. The summed E-state index contributed by atoms with van der Waals surface area (Å²) in [6, 6.07) is 7.63. The number of aryl methyl sites for hydroxylation is 1. The summed E-state index contributed by atoms with van der Waals surface area (Å²) in [6.45, 7) is 0. The van der Waals surface area contributed by atoms with Crippen molar-refractivity contribution in [2.75, 3.05) is 7.05 Å². The Balaban J connectivity index is 0.00000225. The molecule has 0 bridgehead atoms. The van der Waals surface area contributed by atoms with Gasteiger partial charge in [-0.3, -0.25) is 4.79 Å². The van der Waals surface area contributed by atoms with Gasteiger partial charge in [0.05, 0.1) is 0 Å². The van der Waals surface area contributed by atoms with Gasteiger partial charge in [0.25, 0.3) is 0 Å². The topological polar surface area (TPSA) is 38.3 Å². The van der Waals surface area contributed by atoms with Crippen LogP contribution in [0.2, 0.25) is 5.02 Å². The third kappa shape index (κ3) is 6.51. The van der Waals surface area contributed by atoms with E-state index in [4.69, 9.17) is 11.6 Å². The van der Waals surface area contributed by atoms with Crippen molar-refractivity contribution in [3.63, 3.8) is 0 Å². The molecule has 3 nitrogen and oxygen atoms in total. The van der Waals surface area contributed by atoms with Crippen LogP contribution in [-0.4, -0.2) is 42.6 Å². The predicted octanol–water partition coefficient (Wildman–Crippen LogP) is 1.69. The van der Waals surface area contributed by atoms with Crippen LogP contribution in [0.25, 0.3) is 0 Å². The number of hydrogen-bond donors (Lipinski definition) is 1.